The number of thioether (sulfide) groups is 1. The van der Waals surface area contributed by atoms with Gasteiger partial charge in [0.15, 0.2) is 16.6 Å². The molecule has 1 aliphatic rings. The number of imide groups is 1. The molecule has 0 aliphatic carbocycles. The summed E-state index contributed by atoms with van der Waals surface area (Å²) in [6.07, 6.45) is 2.25. The lowest BCUT2D eigenvalue weighted by molar-refractivity contribution is -0.120. The summed E-state index contributed by atoms with van der Waals surface area (Å²) in [5, 5.41) is 4.98. The molecule has 0 bridgehead atoms. The number of anilines is 1. The summed E-state index contributed by atoms with van der Waals surface area (Å²) in [5.74, 6) is 0.435. The first-order valence-corrected chi connectivity index (χ1v) is 12.7. The molecule has 0 saturated heterocycles. The van der Waals surface area contributed by atoms with Crippen LogP contribution >= 0.6 is 23.1 Å². The van der Waals surface area contributed by atoms with Gasteiger partial charge >= 0.3 is 0 Å². The van der Waals surface area contributed by atoms with E-state index in [9.17, 15) is 14.4 Å². The Balaban J connectivity index is 1.55. The normalized spacial score (nSPS) is 13.6. The second-order valence-electron chi connectivity index (χ2n) is 7.42. The van der Waals surface area contributed by atoms with Gasteiger partial charge in [0, 0.05) is 10.9 Å². The zero-order valence-corrected chi connectivity index (χ0v) is 20.5. The van der Waals surface area contributed by atoms with E-state index in [1.54, 1.807) is 62.4 Å². The number of hydrogen-bond donors (Lipinski definition) is 1. The number of nitrogens with zero attached hydrogens (tertiary/aromatic N) is 2. The Morgan fingerprint density at radius 2 is 1.76 bits per heavy atom. The molecule has 1 aromatic heterocycles. The maximum Gasteiger partial charge on any atom is 0.262 e. The molecule has 34 heavy (non-hydrogen) atoms. The van der Waals surface area contributed by atoms with Gasteiger partial charge in [-0.2, -0.15) is 11.8 Å². The predicted octanol–water partition coefficient (Wildman–Crippen LogP) is 4.18. The van der Waals surface area contributed by atoms with Crippen molar-refractivity contribution in [1.82, 2.24) is 9.88 Å². The number of hydrogen-bond acceptors (Lipinski definition) is 8. The van der Waals surface area contributed by atoms with E-state index in [0.29, 0.717) is 45.6 Å². The van der Waals surface area contributed by atoms with Crippen molar-refractivity contribution < 1.29 is 23.9 Å². The van der Waals surface area contributed by atoms with Crippen molar-refractivity contribution in [3.8, 4) is 22.8 Å². The third kappa shape index (κ3) is 4.51. The highest BCUT2D eigenvalue weighted by atomic mass is 32.2. The van der Waals surface area contributed by atoms with E-state index in [1.807, 2.05) is 17.7 Å². The van der Waals surface area contributed by atoms with Gasteiger partial charge in [-0.05, 0) is 48.8 Å². The lowest BCUT2D eigenvalue weighted by atomic mass is 10.1. The van der Waals surface area contributed by atoms with Crippen LogP contribution in [0.4, 0.5) is 5.13 Å². The van der Waals surface area contributed by atoms with Gasteiger partial charge in [-0.1, -0.05) is 12.1 Å². The third-order valence-corrected chi connectivity index (χ3v) is 6.85. The fourth-order valence-electron chi connectivity index (χ4n) is 3.75. The van der Waals surface area contributed by atoms with Crippen LogP contribution in [0.2, 0.25) is 0 Å². The van der Waals surface area contributed by atoms with Crippen molar-refractivity contribution in [2.45, 2.75) is 12.5 Å². The van der Waals surface area contributed by atoms with E-state index in [4.69, 9.17) is 9.47 Å². The predicted molar refractivity (Wildman–Crippen MR) is 133 cm³/mol. The number of benzene rings is 2. The first kappa shape index (κ1) is 23.8. The van der Waals surface area contributed by atoms with Crippen LogP contribution in [0.15, 0.2) is 47.8 Å². The van der Waals surface area contributed by atoms with Crippen LogP contribution in [0.3, 0.4) is 0 Å². The number of nitrogens with one attached hydrogen (secondary N) is 1. The molecule has 1 N–H and O–H groups in total. The van der Waals surface area contributed by atoms with Crippen molar-refractivity contribution in [3.05, 3.63) is 59.0 Å². The molecule has 10 heteroatoms. The Morgan fingerprint density at radius 1 is 1.09 bits per heavy atom. The number of thiazole rings is 1. The van der Waals surface area contributed by atoms with E-state index in [1.165, 1.54) is 11.3 Å². The van der Waals surface area contributed by atoms with Gasteiger partial charge in [0.25, 0.3) is 11.8 Å². The number of rotatable bonds is 9. The molecule has 0 fully saturated rings. The molecule has 8 nitrogen and oxygen atoms in total. The summed E-state index contributed by atoms with van der Waals surface area (Å²) in [6, 6.07) is 11.1. The molecule has 3 amide bonds. The standard InChI is InChI=1S/C24H23N3O5S2/c1-31-19-9-8-14(12-20(19)32-2)17-13-34-24(25-17)26-21(28)18(10-11-33-3)27-22(29)15-6-4-5-7-16(15)23(27)30/h4-9,12-13,18H,10-11H2,1-3H3,(H,25,26,28). The molecular weight excluding hydrogens is 474 g/mol. The van der Waals surface area contributed by atoms with Crippen molar-refractivity contribution in [2.24, 2.45) is 0 Å². The van der Waals surface area contributed by atoms with Gasteiger partial charge < -0.3 is 14.8 Å². The van der Waals surface area contributed by atoms with Gasteiger partial charge in [0.1, 0.15) is 6.04 Å². The molecule has 1 aliphatic heterocycles. The molecule has 1 unspecified atom stereocenters. The molecule has 1 atom stereocenters. The van der Waals surface area contributed by atoms with Crippen LogP contribution in [-0.4, -0.2) is 59.9 Å². The fourth-order valence-corrected chi connectivity index (χ4v) is 4.93. The number of fused-ring (bicyclic) bond motifs is 1. The molecule has 0 saturated carbocycles. The second kappa shape index (κ2) is 10.3. The average Bonchev–Trinajstić information content (AvgIpc) is 3.42. The Kier molecular flexibility index (Phi) is 7.18. The first-order chi connectivity index (χ1) is 16.5. The number of methoxy groups -OCH3 is 2. The minimum Gasteiger partial charge on any atom is -0.493 e. The van der Waals surface area contributed by atoms with Crippen LogP contribution in [0.5, 0.6) is 11.5 Å². The van der Waals surface area contributed by atoms with E-state index in [2.05, 4.69) is 10.3 Å². The number of amides is 3. The lowest BCUT2D eigenvalue weighted by Crippen LogP contribution is -2.47. The summed E-state index contributed by atoms with van der Waals surface area (Å²) in [4.78, 5) is 44.7. The fraction of sp³-hybridized carbons (Fsp3) is 0.250. The van der Waals surface area contributed by atoms with Crippen LogP contribution in [0, 0.1) is 0 Å². The molecule has 2 aromatic carbocycles. The van der Waals surface area contributed by atoms with Gasteiger partial charge in [0.05, 0.1) is 31.0 Å². The number of carbonyl (C=O) groups is 3. The summed E-state index contributed by atoms with van der Waals surface area (Å²) in [6.45, 7) is 0. The average molecular weight is 498 g/mol. The summed E-state index contributed by atoms with van der Waals surface area (Å²) >= 11 is 2.80. The molecule has 0 radical (unpaired) electrons. The molecule has 4 rings (SSSR count). The molecule has 3 aromatic rings. The maximum absolute atomic E-state index is 13.2. The highest BCUT2D eigenvalue weighted by Crippen LogP contribution is 2.34. The smallest absolute Gasteiger partial charge is 0.262 e. The molecule has 176 valence electrons. The van der Waals surface area contributed by atoms with Crippen LogP contribution in [0.1, 0.15) is 27.1 Å². The third-order valence-electron chi connectivity index (χ3n) is 5.45. The summed E-state index contributed by atoms with van der Waals surface area (Å²) in [5.41, 5.74) is 2.09. The van der Waals surface area contributed by atoms with Crippen LogP contribution in [0.25, 0.3) is 11.3 Å². The zero-order valence-electron chi connectivity index (χ0n) is 18.9. The van der Waals surface area contributed by atoms with Gasteiger partial charge in [-0.15, -0.1) is 11.3 Å². The van der Waals surface area contributed by atoms with E-state index in [0.717, 1.165) is 10.5 Å². The van der Waals surface area contributed by atoms with Gasteiger partial charge in [0.2, 0.25) is 5.91 Å². The largest absolute Gasteiger partial charge is 0.493 e. The SMILES string of the molecule is COc1ccc(-c2csc(NC(=O)C(CCSC)N3C(=O)c4ccccc4C3=O)n2)cc1OC. The van der Waals surface area contributed by atoms with Gasteiger partial charge in [-0.25, -0.2) is 4.98 Å². The molecular formula is C24H23N3O5S2. The highest BCUT2D eigenvalue weighted by molar-refractivity contribution is 7.98. The Morgan fingerprint density at radius 3 is 2.38 bits per heavy atom. The molecule has 0 spiro atoms. The van der Waals surface area contributed by atoms with Crippen LogP contribution < -0.4 is 14.8 Å². The topological polar surface area (TPSA) is 97.8 Å². The number of carbonyl (C=O) groups excluding carboxylic acids is 3. The Labute approximate surface area is 205 Å². The van der Waals surface area contributed by atoms with Crippen molar-refractivity contribution >= 4 is 46.0 Å². The zero-order chi connectivity index (χ0) is 24.2. The lowest BCUT2D eigenvalue weighted by Gasteiger charge is -2.24. The summed E-state index contributed by atoms with van der Waals surface area (Å²) in [7, 11) is 3.12. The summed E-state index contributed by atoms with van der Waals surface area (Å²) < 4.78 is 10.6. The van der Waals surface area contributed by atoms with E-state index in [-0.39, 0.29) is 0 Å². The van der Waals surface area contributed by atoms with E-state index < -0.39 is 23.8 Å². The highest BCUT2D eigenvalue weighted by Gasteiger charge is 2.42. The van der Waals surface area contributed by atoms with Crippen molar-refractivity contribution in [2.75, 3.05) is 31.5 Å². The van der Waals surface area contributed by atoms with Crippen LogP contribution in [-0.2, 0) is 4.79 Å². The maximum atomic E-state index is 13.2. The Bertz CT molecular complexity index is 1210. The van der Waals surface area contributed by atoms with E-state index >= 15 is 0 Å². The quantitative estimate of drug-likeness (QED) is 0.443. The monoisotopic (exact) mass is 497 g/mol. The number of ether oxygens (including phenoxy) is 2. The Hall–Kier alpha value is -3.37. The number of aromatic nitrogens is 1. The minimum absolute atomic E-state index is 0.319. The van der Waals surface area contributed by atoms with Crippen molar-refractivity contribution in [1.29, 1.82) is 0 Å². The minimum atomic E-state index is -0.937. The molecule has 2 heterocycles. The first-order valence-electron chi connectivity index (χ1n) is 10.4. The second-order valence-corrected chi connectivity index (χ2v) is 9.26. The van der Waals surface area contributed by atoms with Crippen molar-refractivity contribution in [3.63, 3.8) is 0 Å². The van der Waals surface area contributed by atoms with Gasteiger partial charge in [-0.3, -0.25) is 19.3 Å².